The molecule has 1 aliphatic rings. The Labute approximate surface area is 116 Å². The van der Waals surface area contributed by atoms with E-state index >= 15 is 0 Å². The zero-order chi connectivity index (χ0) is 13.7. The van der Waals surface area contributed by atoms with Crippen molar-refractivity contribution in [3.63, 3.8) is 0 Å². The quantitative estimate of drug-likeness (QED) is 0.852. The van der Waals surface area contributed by atoms with Gasteiger partial charge in [-0.1, -0.05) is 26.2 Å². The van der Waals surface area contributed by atoms with Crippen LogP contribution in [0.1, 0.15) is 56.8 Å². The minimum Gasteiger partial charge on any atom is -0.373 e. The normalized spacial score (nSPS) is 16.4. The SMILES string of the molecule is CCCc1nc(NC)c(C)c(NC2CCCCC2)n1. The number of nitrogens with one attached hydrogen (secondary N) is 2. The Balaban J connectivity index is 2.18. The molecule has 0 aromatic carbocycles. The summed E-state index contributed by atoms with van der Waals surface area (Å²) in [5.41, 5.74) is 1.13. The van der Waals surface area contributed by atoms with Gasteiger partial charge in [-0.05, 0) is 26.2 Å². The summed E-state index contributed by atoms with van der Waals surface area (Å²) in [5.74, 6) is 2.92. The predicted molar refractivity (Wildman–Crippen MR) is 80.8 cm³/mol. The largest absolute Gasteiger partial charge is 0.373 e. The molecular formula is C15H26N4. The van der Waals surface area contributed by atoms with E-state index in [1.165, 1.54) is 32.1 Å². The van der Waals surface area contributed by atoms with Crippen LogP contribution in [-0.4, -0.2) is 23.1 Å². The molecule has 0 saturated heterocycles. The Morgan fingerprint density at radius 1 is 1.11 bits per heavy atom. The van der Waals surface area contributed by atoms with Crippen molar-refractivity contribution in [1.29, 1.82) is 0 Å². The molecule has 1 heterocycles. The number of rotatable bonds is 5. The first-order chi connectivity index (χ1) is 9.24. The first-order valence-electron chi connectivity index (χ1n) is 7.56. The van der Waals surface area contributed by atoms with E-state index in [0.29, 0.717) is 6.04 Å². The Morgan fingerprint density at radius 2 is 1.79 bits per heavy atom. The fraction of sp³-hybridized carbons (Fsp3) is 0.733. The van der Waals surface area contributed by atoms with Gasteiger partial charge in [0.05, 0.1) is 0 Å². The highest BCUT2D eigenvalue weighted by molar-refractivity contribution is 5.57. The Hall–Kier alpha value is -1.32. The second-order valence-electron chi connectivity index (χ2n) is 5.44. The zero-order valence-electron chi connectivity index (χ0n) is 12.4. The van der Waals surface area contributed by atoms with E-state index in [-0.39, 0.29) is 0 Å². The van der Waals surface area contributed by atoms with Crippen LogP contribution in [0.25, 0.3) is 0 Å². The molecule has 0 unspecified atom stereocenters. The molecule has 2 N–H and O–H groups in total. The van der Waals surface area contributed by atoms with Gasteiger partial charge in [-0.15, -0.1) is 0 Å². The van der Waals surface area contributed by atoms with Crippen molar-refractivity contribution in [3.8, 4) is 0 Å². The number of hydrogen-bond acceptors (Lipinski definition) is 4. The Morgan fingerprint density at radius 3 is 2.42 bits per heavy atom. The summed E-state index contributed by atoms with van der Waals surface area (Å²) in [7, 11) is 1.93. The van der Waals surface area contributed by atoms with Crippen LogP contribution >= 0.6 is 0 Å². The summed E-state index contributed by atoms with van der Waals surface area (Å²) < 4.78 is 0. The van der Waals surface area contributed by atoms with E-state index in [0.717, 1.165) is 35.9 Å². The van der Waals surface area contributed by atoms with E-state index in [2.05, 4.69) is 29.5 Å². The molecule has 0 spiro atoms. The van der Waals surface area contributed by atoms with Crippen LogP contribution in [0.5, 0.6) is 0 Å². The topological polar surface area (TPSA) is 49.8 Å². The van der Waals surface area contributed by atoms with Gasteiger partial charge in [0.2, 0.25) is 0 Å². The lowest BCUT2D eigenvalue weighted by atomic mass is 9.95. The molecule has 0 aliphatic heterocycles. The molecule has 0 atom stereocenters. The first-order valence-corrected chi connectivity index (χ1v) is 7.56. The molecule has 19 heavy (non-hydrogen) atoms. The van der Waals surface area contributed by atoms with Crippen molar-refractivity contribution >= 4 is 11.6 Å². The smallest absolute Gasteiger partial charge is 0.134 e. The van der Waals surface area contributed by atoms with E-state index in [1.807, 2.05) is 7.05 Å². The monoisotopic (exact) mass is 262 g/mol. The summed E-state index contributed by atoms with van der Waals surface area (Å²) in [6.07, 6.45) is 8.60. The fourth-order valence-corrected chi connectivity index (χ4v) is 2.72. The molecule has 0 amide bonds. The van der Waals surface area contributed by atoms with Gasteiger partial charge < -0.3 is 10.6 Å². The maximum atomic E-state index is 4.70. The lowest BCUT2D eigenvalue weighted by Gasteiger charge is -2.24. The average molecular weight is 262 g/mol. The third-order valence-electron chi connectivity index (χ3n) is 3.85. The number of anilines is 2. The minimum absolute atomic E-state index is 0.585. The third-order valence-corrected chi connectivity index (χ3v) is 3.85. The van der Waals surface area contributed by atoms with Gasteiger partial charge in [0.1, 0.15) is 17.5 Å². The number of hydrogen-bond donors (Lipinski definition) is 2. The lowest BCUT2D eigenvalue weighted by Crippen LogP contribution is -2.24. The molecule has 4 heteroatoms. The summed E-state index contributed by atoms with van der Waals surface area (Å²) >= 11 is 0. The van der Waals surface area contributed by atoms with Crippen molar-refractivity contribution in [3.05, 3.63) is 11.4 Å². The van der Waals surface area contributed by atoms with Gasteiger partial charge in [-0.25, -0.2) is 9.97 Å². The van der Waals surface area contributed by atoms with Gasteiger partial charge in [-0.3, -0.25) is 0 Å². The van der Waals surface area contributed by atoms with Gasteiger partial charge in [-0.2, -0.15) is 0 Å². The Kier molecular flexibility index (Phi) is 5.00. The van der Waals surface area contributed by atoms with Crippen LogP contribution in [0.2, 0.25) is 0 Å². The molecule has 1 aromatic rings. The minimum atomic E-state index is 0.585. The number of aryl methyl sites for hydroxylation is 1. The zero-order valence-corrected chi connectivity index (χ0v) is 12.4. The predicted octanol–water partition coefficient (Wildman–Crippen LogP) is 3.52. The molecule has 0 radical (unpaired) electrons. The van der Waals surface area contributed by atoms with Crippen LogP contribution in [0.3, 0.4) is 0 Å². The molecule has 1 saturated carbocycles. The number of aromatic nitrogens is 2. The van der Waals surface area contributed by atoms with E-state index in [9.17, 15) is 0 Å². The van der Waals surface area contributed by atoms with Crippen molar-refractivity contribution in [2.75, 3.05) is 17.7 Å². The van der Waals surface area contributed by atoms with Gasteiger partial charge >= 0.3 is 0 Å². The molecule has 106 valence electrons. The fourth-order valence-electron chi connectivity index (χ4n) is 2.72. The van der Waals surface area contributed by atoms with Crippen LogP contribution in [-0.2, 0) is 6.42 Å². The average Bonchev–Trinajstić information content (AvgIpc) is 2.43. The van der Waals surface area contributed by atoms with Crippen molar-refractivity contribution in [1.82, 2.24) is 9.97 Å². The van der Waals surface area contributed by atoms with E-state index in [4.69, 9.17) is 4.98 Å². The highest BCUT2D eigenvalue weighted by Crippen LogP contribution is 2.25. The maximum Gasteiger partial charge on any atom is 0.134 e. The molecule has 1 aromatic heterocycles. The first kappa shape index (κ1) is 14.1. The standard InChI is InChI=1S/C15H26N4/c1-4-8-13-18-14(16-3)11(2)15(19-13)17-12-9-6-5-7-10-12/h12H,4-10H2,1-3H3,(H2,16,17,18,19). The molecule has 4 nitrogen and oxygen atoms in total. The highest BCUT2D eigenvalue weighted by Gasteiger charge is 2.16. The van der Waals surface area contributed by atoms with E-state index < -0.39 is 0 Å². The van der Waals surface area contributed by atoms with E-state index in [1.54, 1.807) is 0 Å². The van der Waals surface area contributed by atoms with Crippen LogP contribution in [0.15, 0.2) is 0 Å². The lowest BCUT2D eigenvalue weighted by molar-refractivity contribution is 0.461. The van der Waals surface area contributed by atoms with Crippen molar-refractivity contribution in [2.24, 2.45) is 0 Å². The van der Waals surface area contributed by atoms with Gasteiger partial charge in [0, 0.05) is 25.1 Å². The highest BCUT2D eigenvalue weighted by atomic mass is 15.1. The maximum absolute atomic E-state index is 4.70. The van der Waals surface area contributed by atoms with Gasteiger partial charge in [0.15, 0.2) is 0 Å². The molecule has 0 bridgehead atoms. The second kappa shape index (κ2) is 6.73. The summed E-state index contributed by atoms with van der Waals surface area (Å²) in [5, 5.41) is 6.81. The van der Waals surface area contributed by atoms with Crippen molar-refractivity contribution in [2.45, 2.75) is 64.8 Å². The summed E-state index contributed by atoms with van der Waals surface area (Å²) in [6, 6.07) is 0.585. The van der Waals surface area contributed by atoms with Crippen LogP contribution in [0, 0.1) is 6.92 Å². The summed E-state index contributed by atoms with van der Waals surface area (Å²) in [4.78, 5) is 9.27. The summed E-state index contributed by atoms with van der Waals surface area (Å²) in [6.45, 7) is 4.25. The second-order valence-corrected chi connectivity index (χ2v) is 5.44. The van der Waals surface area contributed by atoms with Crippen LogP contribution < -0.4 is 10.6 Å². The third kappa shape index (κ3) is 3.58. The molecule has 2 rings (SSSR count). The Bertz CT molecular complexity index is 411. The van der Waals surface area contributed by atoms with Crippen LogP contribution in [0.4, 0.5) is 11.6 Å². The van der Waals surface area contributed by atoms with Crippen molar-refractivity contribution < 1.29 is 0 Å². The molecular weight excluding hydrogens is 236 g/mol. The van der Waals surface area contributed by atoms with Gasteiger partial charge in [0.25, 0.3) is 0 Å². The molecule has 1 fully saturated rings. The number of nitrogens with zero attached hydrogens (tertiary/aromatic N) is 2. The molecule has 1 aliphatic carbocycles.